The molecule has 0 saturated heterocycles. The van der Waals surface area contributed by atoms with Crippen molar-refractivity contribution in [3.63, 3.8) is 0 Å². The van der Waals surface area contributed by atoms with Crippen LogP contribution in [0.25, 0.3) is 0 Å². The smallest absolute Gasteiger partial charge is 0.306 e. The second-order valence-corrected chi connectivity index (χ2v) is 5.75. The van der Waals surface area contributed by atoms with Gasteiger partial charge in [-0.05, 0) is 37.5 Å². The van der Waals surface area contributed by atoms with Crippen LogP contribution in [0, 0.1) is 5.92 Å². The van der Waals surface area contributed by atoms with Crippen molar-refractivity contribution in [2.45, 2.75) is 38.1 Å². The zero-order valence-corrected chi connectivity index (χ0v) is 12.4. The summed E-state index contributed by atoms with van der Waals surface area (Å²) >= 11 is 0. The van der Waals surface area contributed by atoms with E-state index in [0.717, 1.165) is 24.8 Å². The summed E-state index contributed by atoms with van der Waals surface area (Å²) in [6, 6.07) is 7.17. The Labute approximate surface area is 124 Å². The molecule has 5 heteroatoms. The minimum Gasteiger partial charge on any atom is -0.497 e. The molecule has 0 bridgehead atoms. The van der Waals surface area contributed by atoms with Gasteiger partial charge in [0.25, 0.3) is 0 Å². The van der Waals surface area contributed by atoms with E-state index < -0.39 is 11.5 Å². The van der Waals surface area contributed by atoms with Gasteiger partial charge >= 0.3 is 5.97 Å². The monoisotopic (exact) mass is 291 g/mol. The lowest BCUT2D eigenvalue weighted by Crippen LogP contribution is -2.48. The normalized spacial score (nSPS) is 17.4. The van der Waals surface area contributed by atoms with Gasteiger partial charge in [-0.3, -0.25) is 9.59 Å². The molecule has 0 aromatic heterocycles. The van der Waals surface area contributed by atoms with E-state index in [1.165, 1.54) is 0 Å². The number of carbonyl (C=O) groups is 2. The summed E-state index contributed by atoms with van der Waals surface area (Å²) in [7, 11) is 1.56. The number of carboxylic acids is 1. The van der Waals surface area contributed by atoms with Crippen LogP contribution in [0.1, 0.15) is 38.2 Å². The first kappa shape index (κ1) is 15.4. The summed E-state index contributed by atoms with van der Waals surface area (Å²) in [5.41, 5.74) is -0.204. The van der Waals surface area contributed by atoms with Crippen molar-refractivity contribution in [1.82, 2.24) is 5.32 Å². The van der Waals surface area contributed by atoms with E-state index in [2.05, 4.69) is 5.32 Å². The maximum atomic E-state index is 12.2. The highest BCUT2D eigenvalue weighted by Crippen LogP contribution is 2.31. The fraction of sp³-hybridized carbons (Fsp3) is 0.500. The van der Waals surface area contributed by atoms with Gasteiger partial charge in [-0.25, -0.2) is 0 Å². The Bertz CT molecular complexity index is 539. The molecular weight excluding hydrogens is 270 g/mol. The van der Waals surface area contributed by atoms with Gasteiger partial charge in [0.2, 0.25) is 5.91 Å². The molecule has 2 N–H and O–H groups in total. The predicted octanol–water partition coefficient (Wildman–Crippen LogP) is 2.30. The third-order valence-corrected chi connectivity index (χ3v) is 4.09. The SMILES string of the molecule is COc1cccc(C(C)(CC(=O)O)NC(=O)C2CCC2)c1. The van der Waals surface area contributed by atoms with Gasteiger partial charge in [-0.1, -0.05) is 18.6 Å². The van der Waals surface area contributed by atoms with Crippen LogP contribution in [-0.2, 0) is 15.1 Å². The van der Waals surface area contributed by atoms with Crippen LogP contribution in [0.3, 0.4) is 0 Å². The third-order valence-electron chi connectivity index (χ3n) is 4.09. The maximum Gasteiger partial charge on any atom is 0.306 e. The van der Waals surface area contributed by atoms with E-state index in [9.17, 15) is 14.7 Å². The summed E-state index contributed by atoms with van der Waals surface area (Å²) in [5, 5.41) is 12.1. The first-order chi connectivity index (χ1) is 9.94. The van der Waals surface area contributed by atoms with E-state index in [1.807, 2.05) is 6.07 Å². The highest BCUT2D eigenvalue weighted by molar-refractivity contribution is 5.81. The molecule has 114 valence electrons. The number of carbonyl (C=O) groups excluding carboxylic acids is 1. The molecule has 1 saturated carbocycles. The Kier molecular flexibility index (Phi) is 4.50. The first-order valence-corrected chi connectivity index (χ1v) is 7.13. The lowest BCUT2D eigenvalue weighted by atomic mass is 9.82. The van der Waals surface area contributed by atoms with Crippen LogP contribution in [0.15, 0.2) is 24.3 Å². The largest absolute Gasteiger partial charge is 0.497 e. The molecule has 2 rings (SSSR count). The second-order valence-electron chi connectivity index (χ2n) is 5.75. The van der Waals surface area contributed by atoms with E-state index in [0.29, 0.717) is 5.75 Å². The van der Waals surface area contributed by atoms with Crippen molar-refractivity contribution < 1.29 is 19.4 Å². The van der Waals surface area contributed by atoms with E-state index in [1.54, 1.807) is 32.2 Å². The van der Waals surface area contributed by atoms with Crippen molar-refractivity contribution in [3.8, 4) is 5.75 Å². The van der Waals surface area contributed by atoms with Gasteiger partial charge in [0.05, 0.1) is 19.1 Å². The molecule has 1 unspecified atom stereocenters. The minimum atomic E-state index is -0.950. The molecule has 5 nitrogen and oxygen atoms in total. The van der Waals surface area contributed by atoms with Gasteiger partial charge in [0.1, 0.15) is 5.75 Å². The van der Waals surface area contributed by atoms with Crippen LogP contribution in [-0.4, -0.2) is 24.1 Å². The summed E-state index contributed by atoms with van der Waals surface area (Å²) in [4.78, 5) is 23.4. The number of aliphatic carboxylic acids is 1. The average molecular weight is 291 g/mol. The summed E-state index contributed by atoms with van der Waals surface area (Å²) in [6.07, 6.45) is 2.66. The number of rotatable bonds is 6. The van der Waals surface area contributed by atoms with Crippen LogP contribution in [0.5, 0.6) is 5.75 Å². The first-order valence-electron chi connectivity index (χ1n) is 7.13. The molecule has 1 aliphatic carbocycles. The van der Waals surface area contributed by atoms with Crippen molar-refractivity contribution in [2.75, 3.05) is 7.11 Å². The zero-order chi connectivity index (χ0) is 15.5. The molecule has 0 spiro atoms. The maximum absolute atomic E-state index is 12.2. The Morgan fingerprint density at radius 3 is 2.67 bits per heavy atom. The molecule has 21 heavy (non-hydrogen) atoms. The average Bonchev–Trinajstić information content (AvgIpc) is 2.35. The Balaban J connectivity index is 2.25. The minimum absolute atomic E-state index is 0.0173. The van der Waals surface area contributed by atoms with Crippen LogP contribution < -0.4 is 10.1 Å². The number of amides is 1. The zero-order valence-electron chi connectivity index (χ0n) is 12.4. The van der Waals surface area contributed by atoms with Crippen molar-refractivity contribution in [1.29, 1.82) is 0 Å². The van der Waals surface area contributed by atoms with Gasteiger partial charge in [-0.2, -0.15) is 0 Å². The highest BCUT2D eigenvalue weighted by Gasteiger charge is 2.35. The number of methoxy groups -OCH3 is 1. The van der Waals surface area contributed by atoms with Crippen LogP contribution in [0.4, 0.5) is 0 Å². The van der Waals surface area contributed by atoms with Crippen molar-refractivity contribution in [3.05, 3.63) is 29.8 Å². The van der Waals surface area contributed by atoms with Gasteiger partial charge < -0.3 is 15.2 Å². The molecular formula is C16H21NO4. The molecule has 1 amide bonds. The van der Waals surface area contributed by atoms with Gasteiger partial charge in [0, 0.05) is 5.92 Å². The summed E-state index contributed by atoms with van der Waals surface area (Å²) < 4.78 is 5.18. The number of hydrogen-bond acceptors (Lipinski definition) is 3. The molecule has 1 aromatic rings. The molecule has 1 aromatic carbocycles. The van der Waals surface area contributed by atoms with Gasteiger partial charge in [-0.15, -0.1) is 0 Å². The van der Waals surface area contributed by atoms with E-state index >= 15 is 0 Å². The van der Waals surface area contributed by atoms with Crippen molar-refractivity contribution in [2.24, 2.45) is 5.92 Å². The predicted molar refractivity (Wildman–Crippen MR) is 78.1 cm³/mol. The standard InChI is InChI=1S/C16H21NO4/c1-16(10-14(18)19,17-15(20)11-5-3-6-11)12-7-4-8-13(9-12)21-2/h4,7-9,11H,3,5-6,10H2,1-2H3,(H,17,20)(H,18,19). The fourth-order valence-electron chi connectivity index (χ4n) is 2.53. The Morgan fingerprint density at radius 1 is 1.43 bits per heavy atom. The molecule has 0 radical (unpaired) electrons. The third kappa shape index (κ3) is 3.54. The summed E-state index contributed by atoms with van der Waals surface area (Å²) in [6.45, 7) is 1.74. The molecule has 1 aliphatic rings. The lowest BCUT2D eigenvalue weighted by Gasteiger charge is -2.34. The van der Waals surface area contributed by atoms with Crippen LogP contribution in [0.2, 0.25) is 0 Å². The molecule has 1 atom stereocenters. The van der Waals surface area contributed by atoms with E-state index in [-0.39, 0.29) is 18.2 Å². The van der Waals surface area contributed by atoms with E-state index in [4.69, 9.17) is 4.74 Å². The Morgan fingerprint density at radius 2 is 2.14 bits per heavy atom. The number of ether oxygens (including phenoxy) is 1. The quantitative estimate of drug-likeness (QED) is 0.843. The lowest BCUT2D eigenvalue weighted by molar-refractivity contribution is -0.139. The number of nitrogens with one attached hydrogen (secondary N) is 1. The number of hydrogen-bond donors (Lipinski definition) is 2. The summed E-state index contributed by atoms with van der Waals surface area (Å²) in [5.74, 6) is -0.354. The number of carboxylic acid groups (broad SMARTS) is 1. The molecule has 0 aliphatic heterocycles. The second kappa shape index (κ2) is 6.16. The Hall–Kier alpha value is -2.04. The molecule has 0 heterocycles. The van der Waals surface area contributed by atoms with Crippen LogP contribution >= 0.6 is 0 Å². The number of benzene rings is 1. The fourth-order valence-corrected chi connectivity index (χ4v) is 2.53. The topological polar surface area (TPSA) is 75.6 Å². The van der Waals surface area contributed by atoms with Crippen molar-refractivity contribution >= 4 is 11.9 Å². The highest BCUT2D eigenvalue weighted by atomic mass is 16.5. The van der Waals surface area contributed by atoms with Gasteiger partial charge in [0.15, 0.2) is 0 Å². The molecule has 1 fully saturated rings.